The average Bonchev–Trinajstić information content (AvgIpc) is 2.83. The van der Waals surface area contributed by atoms with Crippen LogP contribution in [0.1, 0.15) is 5.56 Å². The maximum atomic E-state index is 11.2. The van der Waals surface area contributed by atoms with Gasteiger partial charge in [0.15, 0.2) is 0 Å². The van der Waals surface area contributed by atoms with Crippen molar-refractivity contribution in [3.63, 3.8) is 0 Å². The lowest BCUT2D eigenvalue weighted by atomic mass is 10.1. The van der Waals surface area contributed by atoms with Gasteiger partial charge in [-0.2, -0.15) is 5.10 Å². The molecule has 1 heterocycles. The average molecular weight is 409 g/mol. The summed E-state index contributed by atoms with van der Waals surface area (Å²) in [5.74, 6) is 0.384. The summed E-state index contributed by atoms with van der Waals surface area (Å²) in [5.41, 5.74) is 3.83. The Morgan fingerprint density at radius 3 is 1.90 bits per heavy atom. The van der Waals surface area contributed by atoms with E-state index >= 15 is 0 Å². The number of hydrazone groups is 1. The lowest BCUT2D eigenvalue weighted by Crippen LogP contribution is -2.14. The number of anilines is 1. The Morgan fingerprint density at radius 1 is 0.839 bits per heavy atom. The Bertz CT molecular complexity index is 1170. The molecule has 0 aliphatic rings. The smallest absolute Gasteiger partial charge is 0.258 e. The number of aromatic nitrogens is 2. The summed E-state index contributed by atoms with van der Waals surface area (Å²) in [6.45, 7) is 0. The maximum Gasteiger partial charge on any atom is 0.278 e. The number of rotatable bonds is 6. The second kappa shape index (κ2) is 8.96. The third kappa shape index (κ3) is 4.62. The standard InChI is InChI=1S/C24H19N5O2/c1-28(25-17-20-14-8-9-15-23(20)29(30)31)24-26-21(18-10-4-2-5-11-18)16-22(27-24)19-12-6-3-7-13-19/h2-17H,1H3/b25-17-. The van der Waals surface area contributed by atoms with Crippen molar-refractivity contribution in [2.45, 2.75) is 0 Å². The van der Waals surface area contributed by atoms with Crippen LogP contribution in [0, 0.1) is 10.1 Å². The van der Waals surface area contributed by atoms with E-state index in [-0.39, 0.29) is 5.69 Å². The monoisotopic (exact) mass is 409 g/mol. The first-order chi connectivity index (χ1) is 15.1. The van der Waals surface area contributed by atoms with Crippen molar-refractivity contribution in [3.8, 4) is 22.5 Å². The van der Waals surface area contributed by atoms with Gasteiger partial charge < -0.3 is 0 Å². The lowest BCUT2D eigenvalue weighted by Gasteiger charge is -2.14. The van der Waals surface area contributed by atoms with Gasteiger partial charge in [-0.05, 0) is 12.1 Å². The molecule has 4 aromatic rings. The maximum absolute atomic E-state index is 11.2. The van der Waals surface area contributed by atoms with E-state index in [1.807, 2.05) is 66.7 Å². The SMILES string of the molecule is CN(/N=C\c1ccccc1[N+](=O)[O-])c1nc(-c2ccccc2)cc(-c2ccccc2)n1. The first-order valence-corrected chi connectivity index (χ1v) is 9.63. The van der Waals surface area contributed by atoms with Gasteiger partial charge in [0.25, 0.3) is 5.69 Å². The Balaban J connectivity index is 1.74. The normalized spacial score (nSPS) is 10.9. The molecule has 3 aromatic carbocycles. The van der Waals surface area contributed by atoms with Crippen molar-refractivity contribution in [1.82, 2.24) is 9.97 Å². The summed E-state index contributed by atoms with van der Waals surface area (Å²) in [5, 5.41) is 17.1. The molecule has 0 amide bonds. The predicted molar refractivity (Wildman–Crippen MR) is 122 cm³/mol. The van der Waals surface area contributed by atoms with Gasteiger partial charge in [-0.1, -0.05) is 72.8 Å². The van der Waals surface area contributed by atoms with Gasteiger partial charge in [-0.25, -0.2) is 15.0 Å². The molecule has 1 aromatic heterocycles. The molecule has 0 unspecified atom stereocenters. The fraction of sp³-hybridized carbons (Fsp3) is 0.0417. The number of para-hydroxylation sites is 1. The van der Waals surface area contributed by atoms with Crippen molar-refractivity contribution in [1.29, 1.82) is 0 Å². The molecule has 152 valence electrons. The molecule has 0 fully saturated rings. The highest BCUT2D eigenvalue weighted by atomic mass is 16.6. The van der Waals surface area contributed by atoms with Crippen molar-refractivity contribution < 1.29 is 4.92 Å². The van der Waals surface area contributed by atoms with Crippen molar-refractivity contribution in [3.05, 3.63) is 107 Å². The van der Waals surface area contributed by atoms with E-state index in [9.17, 15) is 10.1 Å². The van der Waals surface area contributed by atoms with Gasteiger partial charge in [0.05, 0.1) is 28.1 Å². The highest BCUT2D eigenvalue weighted by Gasteiger charge is 2.13. The minimum Gasteiger partial charge on any atom is -0.258 e. The summed E-state index contributed by atoms with van der Waals surface area (Å²) in [4.78, 5) is 20.1. The van der Waals surface area contributed by atoms with Crippen LogP contribution in [0.3, 0.4) is 0 Å². The number of nitro benzene ring substituents is 1. The van der Waals surface area contributed by atoms with Gasteiger partial charge in [-0.15, -0.1) is 0 Å². The fourth-order valence-corrected chi connectivity index (χ4v) is 3.06. The molecule has 7 nitrogen and oxygen atoms in total. The summed E-state index contributed by atoms with van der Waals surface area (Å²) in [6, 6.07) is 28.0. The Kier molecular flexibility index (Phi) is 5.75. The highest BCUT2D eigenvalue weighted by molar-refractivity contribution is 5.85. The molecule has 31 heavy (non-hydrogen) atoms. The molecule has 0 aliphatic carbocycles. The molecule has 0 spiro atoms. The minimum absolute atomic E-state index is 0.0106. The van der Waals surface area contributed by atoms with Gasteiger partial charge in [-0.3, -0.25) is 10.1 Å². The molecular weight excluding hydrogens is 390 g/mol. The number of hydrogen-bond donors (Lipinski definition) is 0. The second-order valence-electron chi connectivity index (χ2n) is 6.75. The third-order valence-corrected chi connectivity index (χ3v) is 4.65. The molecule has 0 radical (unpaired) electrons. The van der Waals surface area contributed by atoms with Crippen LogP contribution in [-0.4, -0.2) is 28.2 Å². The number of nitrogens with zero attached hydrogens (tertiary/aromatic N) is 5. The van der Waals surface area contributed by atoms with Crippen LogP contribution in [-0.2, 0) is 0 Å². The molecular formula is C24H19N5O2. The van der Waals surface area contributed by atoms with Crippen molar-refractivity contribution >= 4 is 17.9 Å². The van der Waals surface area contributed by atoms with Crippen molar-refractivity contribution in [2.24, 2.45) is 5.10 Å². The van der Waals surface area contributed by atoms with Crippen LogP contribution < -0.4 is 5.01 Å². The first kappa shape index (κ1) is 19.9. The van der Waals surface area contributed by atoms with E-state index in [2.05, 4.69) is 15.1 Å². The zero-order valence-corrected chi connectivity index (χ0v) is 16.8. The Morgan fingerprint density at radius 2 is 1.35 bits per heavy atom. The number of hydrogen-bond acceptors (Lipinski definition) is 6. The molecule has 0 atom stereocenters. The molecule has 4 rings (SSSR count). The predicted octanol–water partition coefficient (Wildman–Crippen LogP) is 5.19. The summed E-state index contributed by atoms with van der Waals surface area (Å²) >= 11 is 0. The van der Waals surface area contributed by atoms with Crippen LogP contribution in [0.4, 0.5) is 11.6 Å². The lowest BCUT2D eigenvalue weighted by molar-refractivity contribution is -0.385. The second-order valence-corrected chi connectivity index (χ2v) is 6.75. The van der Waals surface area contributed by atoms with Crippen LogP contribution >= 0.6 is 0 Å². The van der Waals surface area contributed by atoms with Crippen LogP contribution in [0.25, 0.3) is 22.5 Å². The molecule has 7 heteroatoms. The van der Waals surface area contributed by atoms with Gasteiger partial charge in [0.2, 0.25) is 5.95 Å². The number of benzene rings is 3. The molecule has 0 N–H and O–H groups in total. The zero-order valence-electron chi connectivity index (χ0n) is 16.8. The third-order valence-electron chi connectivity index (χ3n) is 4.65. The summed E-state index contributed by atoms with van der Waals surface area (Å²) < 4.78 is 0. The van der Waals surface area contributed by atoms with Gasteiger partial charge >= 0.3 is 0 Å². The summed E-state index contributed by atoms with van der Waals surface area (Å²) in [7, 11) is 1.71. The van der Waals surface area contributed by atoms with E-state index in [0.717, 1.165) is 22.5 Å². The minimum atomic E-state index is -0.429. The van der Waals surface area contributed by atoms with E-state index < -0.39 is 4.92 Å². The Labute approximate surface area is 179 Å². The quantitative estimate of drug-likeness (QED) is 0.249. The largest absolute Gasteiger partial charge is 0.278 e. The van der Waals surface area contributed by atoms with Crippen molar-refractivity contribution in [2.75, 3.05) is 12.1 Å². The molecule has 0 bridgehead atoms. The topological polar surface area (TPSA) is 84.5 Å². The van der Waals surface area contributed by atoms with E-state index in [1.54, 1.807) is 25.2 Å². The molecule has 0 saturated carbocycles. The van der Waals surface area contributed by atoms with Gasteiger partial charge in [0, 0.05) is 24.2 Å². The van der Waals surface area contributed by atoms with Gasteiger partial charge in [0.1, 0.15) is 0 Å². The van der Waals surface area contributed by atoms with E-state index in [4.69, 9.17) is 0 Å². The van der Waals surface area contributed by atoms with Crippen LogP contribution in [0.15, 0.2) is 96.1 Å². The van der Waals surface area contributed by atoms with E-state index in [1.165, 1.54) is 17.3 Å². The fourth-order valence-electron chi connectivity index (χ4n) is 3.06. The zero-order chi connectivity index (χ0) is 21.6. The highest BCUT2D eigenvalue weighted by Crippen LogP contribution is 2.26. The first-order valence-electron chi connectivity index (χ1n) is 9.63. The summed E-state index contributed by atoms with van der Waals surface area (Å²) in [6.07, 6.45) is 1.44. The van der Waals surface area contributed by atoms with Crippen LogP contribution in [0.5, 0.6) is 0 Å². The van der Waals surface area contributed by atoms with E-state index in [0.29, 0.717) is 11.5 Å². The Hall–Kier alpha value is -4.39. The molecule has 0 aliphatic heterocycles. The van der Waals surface area contributed by atoms with Crippen LogP contribution in [0.2, 0.25) is 0 Å². The number of nitro groups is 1. The molecule has 0 saturated heterocycles.